The summed E-state index contributed by atoms with van der Waals surface area (Å²) < 4.78 is 4.78. The number of nitrogens with one attached hydrogen (secondary N) is 1. The summed E-state index contributed by atoms with van der Waals surface area (Å²) in [6.45, 7) is 3.69. The first-order valence-electron chi connectivity index (χ1n) is 5.12. The SMILES string of the molecule is CCOC(=O)C=C1CN(C(=O)CCl)CCN1. The standard InChI is InChI=1S/C10H15ClN2O3/c1-2-16-10(15)5-8-7-13(4-3-12-8)9(14)6-11/h5,12H,2-4,6-7H2,1H3. The van der Waals surface area contributed by atoms with E-state index in [9.17, 15) is 9.59 Å². The molecule has 0 aliphatic carbocycles. The minimum absolute atomic E-state index is 0.0350. The van der Waals surface area contributed by atoms with Crippen LogP contribution < -0.4 is 5.32 Å². The molecule has 0 bridgehead atoms. The Morgan fingerprint density at radius 3 is 3.00 bits per heavy atom. The fourth-order valence-electron chi connectivity index (χ4n) is 1.41. The molecule has 6 heteroatoms. The summed E-state index contributed by atoms with van der Waals surface area (Å²) in [4.78, 5) is 24.1. The monoisotopic (exact) mass is 246 g/mol. The van der Waals surface area contributed by atoms with Gasteiger partial charge in [-0.25, -0.2) is 4.79 Å². The summed E-state index contributed by atoms with van der Waals surface area (Å²) in [7, 11) is 0. The van der Waals surface area contributed by atoms with Crippen LogP contribution in [0.3, 0.4) is 0 Å². The van der Waals surface area contributed by atoms with Crippen LogP contribution in [0.4, 0.5) is 0 Å². The van der Waals surface area contributed by atoms with Crippen molar-refractivity contribution in [3.05, 3.63) is 11.8 Å². The van der Waals surface area contributed by atoms with E-state index in [0.717, 1.165) is 0 Å². The van der Waals surface area contributed by atoms with Crippen molar-refractivity contribution in [2.75, 3.05) is 32.1 Å². The summed E-state index contributed by atoms with van der Waals surface area (Å²) in [6, 6.07) is 0. The molecule has 0 aromatic heterocycles. The average Bonchev–Trinajstić information content (AvgIpc) is 2.28. The molecule has 1 rings (SSSR count). The zero-order valence-corrected chi connectivity index (χ0v) is 9.92. The Bertz CT molecular complexity index is 304. The van der Waals surface area contributed by atoms with E-state index in [0.29, 0.717) is 31.9 Å². The van der Waals surface area contributed by atoms with E-state index in [1.807, 2.05) is 0 Å². The molecular weight excluding hydrogens is 232 g/mol. The van der Waals surface area contributed by atoms with E-state index in [-0.39, 0.29) is 11.8 Å². The molecule has 0 unspecified atom stereocenters. The number of hydrogen-bond donors (Lipinski definition) is 1. The topological polar surface area (TPSA) is 58.6 Å². The van der Waals surface area contributed by atoms with Gasteiger partial charge in [-0.05, 0) is 6.92 Å². The van der Waals surface area contributed by atoms with Crippen LogP contribution in [0, 0.1) is 0 Å². The quantitative estimate of drug-likeness (QED) is 0.436. The van der Waals surface area contributed by atoms with E-state index < -0.39 is 5.97 Å². The molecule has 0 spiro atoms. The van der Waals surface area contributed by atoms with Crippen LogP contribution in [0.2, 0.25) is 0 Å². The first kappa shape index (κ1) is 12.8. The van der Waals surface area contributed by atoms with Crippen LogP contribution in [0.15, 0.2) is 11.8 Å². The van der Waals surface area contributed by atoms with Gasteiger partial charge >= 0.3 is 5.97 Å². The number of piperazine rings is 1. The maximum atomic E-state index is 11.3. The minimum atomic E-state index is -0.398. The van der Waals surface area contributed by atoms with Gasteiger partial charge in [-0.3, -0.25) is 4.79 Å². The molecule has 1 N–H and O–H groups in total. The van der Waals surface area contributed by atoms with Crippen molar-refractivity contribution in [1.29, 1.82) is 0 Å². The molecule has 0 atom stereocenters. The zero-order valence-electron chi connectivity index (χ0n) is 9.16. The molecule has 0 aromatic rings. The molecule has 0 aromatic carbocycles. The van der Waals surface area contributed by atoms with Gasteiger partial charge in [-0.15, -0.1) is 11.6 Å². The molecule has 1 fully saturated rings. The second kappa shape index (κ2) is 6.37. The van der Waals surface area contributed by atoms with Gasteiger partial charge in [-0.1, -0.05) is 0 Å². The van der Waals surface area contributed by atoms with E-state index in [4.69, 9.17) is 16.3 Å². The minimum Gasteiger partial charge on any atom is -0.463 e. The lowest BCUT2D eigenvalue weighted by atomic mass is 10.2. The van der Waals surface area contributed by atoms with E-state index >= 15 is 0 Å². The second-order valence-electron chi connectivity index (χ2n) is 3.30. The van der Waals surface area contributed by atoms with Gasteiger partial charge < -0.3 is 15.0 Å². The van der Waals surface area contributed by atoms with Crippen LogP contribution >= 0.6 is 11.6 Å². The molecule has 5 nitrogen and oxygen atoms in total. The van der Waals surface area contributed by atoms with Crippen molar-refractivity contribution in [2.45, 2.75) is 6.92 Å². The maximum absolute atomic E-state index is 11.3. The molecule has 1 amide bonds. The molecular formula is C10H15ClN2O3. The van der Waals surface area contributed by atoms with Crippen LogP contribution in [0.1, 0.15) is 6.92 Å². The van der Waals surface area contributed by atoms with Gasteiger partial charge in [0.05, 0.1) is 13.2 Å². The van der Waals surface area contributed by atoms with Crippen molar-refractivity contribution in [3.8, 4) is 0 Å². The van der Waals surface area contributed by atoms with Gasteiger partial charge in [0.15, 0.2) is 0 Å². The molecule has 90 valence electrons. The van der Waals surface area contributed by atoms with Crippen LogP contribution in [0.25, 0.3) is 0 Å². The van der Waals surface area contributed by atoms with Crippen LogP contribution in [-0.2, 0) is 14.3 Å². The first-order chi connectivity index (χ1) is 7.67. The zero-order chi connectivity index (χ0) is 12.0. The lowest BCUT2D eigenvalue weighted by molar-refractivity contribution is -0.137. The van der Waals surface area contributed by atoms with E-state index in [2.05, 4.69) is 5.32 Å². The van der Waals surface area contributed by atoms with E-state index in [1.165, 1.54) is 6.08 Å². The normalized spacial score (nSPS) is 18.1. The number of alkyl halides is 1. The van der Waals surface area contributed by atoms with Crippen molar-refractivity contribution >= 4 is 23.5 Å². The number of carbonyl (C=O) groups excluding carboxylic acids is 2. The van der Waals surface area contributed by atoms with Gasteiger partial charge in [0.1, 0.15) is 5.88 Å². The Balaban J connectivity index is 2.56. The predicted octanol–water partition coefficient (Wildman–Crippen LogP) is 0.104. The van der Waals surface area contributed by atoms with E-state index in [1.54, 1.807) is 11.8 Å². The van der Waals surface area contributed by atoms with Gasteiger partial charge in [0.25, 0.3) is 0 Å². The summed E-state index contributed by atoms with van der Waals surface area (Å²) >= 11 is 5.47. The average molecular weight is 247 g/mol. The van der Waals surface area contributed by atoms with Crippen molar-refractivity contribution in [1.82, 2.24) is 10.2 Å². The number of esters is 1. The number of ether oxygens (including phenoxy) is 1. The Morgan fingerprint density at radius 1 is 1.62 bits per heavy atom. The Kier molecular flexibility index (Phi) is 5.11. The Hall–Kier alpha value is -1.23. The fraction of sp³-hybridized carbons (Fsp3) is 0.600. The van der Waals surface area contributed by atoms with Crippen LogP contribution in [0.5, 0.6) is 0 Å². The predicted molar refractivity (Wildman–Crippen MR) is 60.0 cm³/mol. The smallest absolute Gasteiger partial charge is 0.332 e. The summed E-state index contributed by atoms with van der Waals surface area (Å²) in [5.74, 6) is -0.560. The lowest BCUT2D eigenvalue weighted by Gasteiger charge is -2.29. The number of nitrogens with zero attached hydrogens (tertiary/aromatic N) is 1. The molecule has 1 saturated heterocycles. The summed E-state index contributed by atoms with van der Waals surface area (Å²) in [6.07, 6.45) is 1.37. The largest absolute Gasteiger partial charge is 0.463 e. The molecule has 0 saturated carbocycles. The van der Waals surface area contributed by atoms with Crippen LogP contribution in [-0.4, -0.2) is 48.9 Å². The highest BCUT2D eigenvalue weighted by molar-refractivity contribution is 6.27. The molecule has 0 radical (unpaired) electrons. The second-order valence-corrected chi connectivity index (χ2v) is 3.56. The molecule has 16 heavy (non-hydrogen) atoms. The fourth-order valence-corrected chi connectivity index (χ4v) is 1.58. The van der Waals surface area contributed by atoms with Gasteiger partial charge in [-0.2, -0.15) is 0 Å². The highest BCUT2D eigenvalue weighted by Gasteiger charge is 2.18. The molecule has 1 aliphatic rings. The number of rotatable bonds is 3. The highest BCUT2D eigenvalue weighted by atomic mass is 35.5. The summed E-state index contributed by atoms with van der Waals surface area (Å²) in [5.41, 5.74) is 0.683. The highest BCUT2D eigenvalue weighted by Crippen LogP contribution is 2.04. The van der Waals surface area contributed by atoms with Crippen molar-refractivity contribution in [3.63, 3.8) is 0 Å². The number of hydrogen-bond acceptors (Lipinski definition) is 4. The first-order valence-corrected chi connectivity index (χ1v) is 5.65. The maximum Gasteiger partial charge on any atom is 0.332 e. The molecule has 1 aliphatic heterocycles. The Labute approximate surface area is 99.4 Å². The Morgan fingerprint density at radius 2 is 2.38 bits per heavy atom. The number of amides is 1. The third kappa shape index (κ3) is 3.73. The summed E-state index contributed by atoms with van der Waals surface area (Å²) in [5, 5.41) is 3.04. The number of halogens is 1. The number of carbonyl (C=O) groups is 2. The van der Waals surface area contributed by atoms with Gasteiger partial charge in [0.2, 0.25) is 5.91 Å². The van der Waals surface area contributed by atoms with Crippen molar-refractivity contribution < 1.29 is 14.3 Å². The third-order valence-electron chi connectivity index (χ3n) is 2.14. The van der Waals surface area contributed by atoms with Crippen molar-refractivity contribution in [2.24, 2.45) is 0 Å². The molecule has 1 heterocycles. The van der Waals surface area contributed by atoms with Gasteiger partial charge in [0, 0.05) is 24.9 Å². The lowest BCUT2D eigenvalue weighted by Crippen LogP contribution is -2.45. The third-order valence-corrected chi connectivity index (χ3v) is 2.37.